The highest BCUT2D eigenvalue weighted by Gasteiger charge is 2.33. The van der Waals surface area contributed by atoms with Crippen LogP contribution in [0.5, 0.6) is 11.5 Å². The van der Waals surface area contributed by atoms with Crippen LogP contribution in [0, 0.1) is 5.92 Å². The van der Waals surface area contributed by atoms with Crippen molar-refractivity contribution in [3.63, 3.8) is 0 Å². The average Bonchev–Trinajstić information content (AvgIpc) is 3.27. The third kappa shape index (κ3) is 4.80. The van der Waals surface area contributed by atoms with E-state index in [0.29, 0.717) is 37.5 Å². The van der Waals surface area contributed by atoms with Crippen molar-refractivity contribution in [1.82, 2.24) is 9.88 Å². The molecule has 0 spiro atoms. The lowest BCUT2D eigenvalue weighted by Gasteiger charge is -2.19. The van der Waals surface area contributed by atoms with Crippen LogP contribution in [0.25, 0.3) is 11.5 Å². The number of rotatable bonds is 8. The molecule has 4 rings (SSSR count). The van der Waals surface area contributed by atoms with Gasteiger partial charge in [0.1, 0.15) is 6.23 Å². The van der Waals surface area contributed by atoms with Gasteiger partial charge in [0.2, 0.25) is 5.89 Å². The number of hydrogen-bond acceptors (Lipinski definition) is 7. The van der Waals surface area contributed by atoms with Gasteiger partial charge >= 0.3 is 6.61 Å². The molecule has 1 aliphatic heterocycles. The lowest BCUT2D eigenvalue weighted by molar-refractivity contribution is -0.0515. The standard InChI is InChI=1S/C21H25F2N3O5/c1-11(24)18-17(20(28)26-8-2-3-16(26)27)25-19(31-18)13-6-7-14(30-21(22)23)15(9-13)29-10-12-4-5-12/h6-7,9,11-12,16,21,27H,2-5,8,10,24H2,1H3/t11-,16+/m0/s1. The van der Waals surface area contributed by atoms with Crippen LogP contribution in [0.1, 0.15) is 54.9 Å². The van der Waals surface area contributed by atoms with Gasteiger partial charge in [0.15, 0.2) is 23.0 Å². The van der Waals surface area contributed by atoms with Crippen LogP contribution in [0.2, 0.25) is 0 Å². The molecule has 10 heteroatoms. The third-order valence-electron chi connectivity index (χ3n) is 5.33. The summed E-state index contributed by atoms with van der Waals surface area (Å²) < 4.78 is 41.6. The maximum atomic E-state index is 12.9. The van der Waals surface area contributed by atoms with E-state index in [1.54, 1.807) is 6.92 Å². The van der Waals surface area contributed by atoms with E-state index in [1.807, 2.05) is 0 Å². The van der Waals surface area contributed by atoms with Crippen LogP contribution in [0.3, 0.4) is 0 Å². The van der Waals surface area contributed by atoms with Gasteiger partial charge in [-0.05, 0) is 56.7 Å². The highest BCUT2D eigenvalue weighted by Crippen LogP contribution is 2.37. The van der Waals surface area contributed by atoms with Crippen molar-refractivity contribution in [1.29, 1.82) is 0 Å². The van der Waals surface area contributed by atoms with Crippen molar-refractivity contribution in [3.05, 3.63) is 29.7 Å². The van der Waals surface area contributed by atoms with Gasteiger partial charge in [-0.15, -0.1) is 0 Å². The van der Waals surface area contributed by atoms with Gasteiger partial charge in [-0.1, -0.05) is 0 Å². The first-order valence-electron chi connectivity index (χ1n) is 10.3. The van der Waals surface area contributed by atoms with Crippen LogP contribution >= 0.6 is 0 Å². The van der Waals surface area contributed by atoms with E-state index in [4.69, 9.17) is 14.9 Å². The Hall–Kier alpha value is -2.72. The second-order valence-electron chi connectivity index (χ2n) is 7.94. The number of carbonyl (C=O) groups excluding carboxylic acids is 1. The summed E-state index contributed by atoms with van der Waals surface area (Å²) >= 11 is 0. The molecule has 8 nitrogen and oxygen atoms in total. The molecule has 2 heterocycles. The van der Waals surface area contributed by atoms with Crippen LogP contribution in [0.15, 0.2) is 22.6 Å². The van der Waals surface area contributed by atoms with E-state index in [-0.39, 0.29) is 28.8 Å². The number of alkyl halides is 2. The van der Waals surface area contributed by atoms with E-state index >= 15 is 0 Å². The summed E-state index contributed by atoms with van der Waals surface area (Å²) in [4.78, 5) is 18.6. The number of ether oxygens (including phenoxy) is 2. The summed E-state index contributed by atoms with van der Waals surface area (Å²) in [6.07, 6.45) is 2.39. The second-order valence-corrected chi connectivity index (χ2v) is 7.94. The monoisotopic (exact) mass is 437 g/mol. The predicted molar refractivity (Wildman–Crippen MR) is 106 cm³/mol. The molecule has 1 aliphatic carbocycles. The first kappa shape index (κ1) is 21.5. The fourth-order valence-electron chi connectivity index (χ4n) is 3.48. The Morgan fingerprint density at radius 2 is 2.13 bits per heavy atom. The Bertz CT molecular complexity index is 945. The number of hydrogen-bond donors (Lipinski definition) is 2. The van der Waals surface area contributed by atoms with Crippen LogP contribution in [-0.4, -0.2) is 46.9 Å². The van der Waals surface area contributed by atoms with Gasteiger partial charge in [0.25, 0.3) is 5.91 Å². The van der Waals surface area contributed by atoms with Crippen molar-refractivity contribution >= 4 is 5.91 Å². The fraction of sp³-hybridized carbons (Fsp3) is 0.524. The lowest BCUT2D eigenvalue weighted by atomic mass is 10.2. The van der Waals surface area contributed by atoms with Crippen molar-refractivity contribution in [2.45, 2.75) is 51.5 Å². The van der Waals surface area contributed by atoms with E-state index in [1.165, 1.54) is 23.1 Å². The van der Waals surface area contributed by atoms with Crippen LogP contribution in [-0.2, 0) is 0 Å². The third-order valence-corrected chi connectivity index (χ3v) is 5.33. The van der Waals surface area contributed by atoms with Gasteiger partial charge in [-0.3, -0.25) is 4.79 Å². The second kappa shape index (κ2) is 8.80. The van der Waals surface area contributed by atoms with Crippen molar-refractivity contribution < 1.29 is 32.6 Å². The lowest BCUT2D eigenvalue weighted by Crippen LogP contribution is -2.36. The number of nitrogens with two attached hydrogens (primary N) is 1. The Morgan fingerprint density at radius 1 is 1.35 bits per heavy atom. The quantitative estimate of drug-likeness (QED) is 0.652. The molecule has 3 N–H and O–H groups in total. The average molecular weight is 437 g/mol. The van der Waals surface area contributed by atoms with Gasteiger partial charge in [-0.25, -0.2) is 4.98 Å². The van der Waals surface area contributed by atoms with E-state index in [9.17, 15) is 18.7 Å². The van der Waals surface area contributed by atoms with Gasteiger partial charge in [0, 0.05) is 12.1 Å². The predicted octanol–water partition coefficient (Wildman–Crippen LogP) is 3.31. The fourth-order valence-corrected chi connectivity index (χ4v) is 3.48. The number of nitrogens with zero attached hydrogens (tertiary/aromatic N) is 2. The van der Waals surface area contributed by atoms with E-state index in [0.717, 1.165) is 12.8 Å². The maximum Gasteiger partial charge on any atom is 0.387 e. The number of amides is 1. The number of carbonyl (C=O) groups is 1. The Labute approximate surface area is 177 Å². The van der Waals surface area contributed by atoms with Gasteiger partial charge < -0.3 is 29.6 Å². The molecule has 1 amide bonds. The number of oxazole rings is 1. The topological polar surface area (TPSA) is 111 Å². The SMILES string of the molecule is C[C@H](N)c1oc(-c2ccc(OC(F)F)c(OCC3CC3)c2)nc1C(=O)N1CCC[C@H]1O. The molecular weight excluding hydrogens is 412 g/mol. The molecule has 0 bridgehead atoms. The zero-order valence-corrected chi connectivity index (χ0v) is 17.1. The van der Waals surface area contributed by atoms with Crippen LogP contribution < -0.4 is 15.2 Å². The normalized spacial score (nSPS) is 19.7. The van der Waals surface area contributed by atoms with Crippen molar-refractivity contribution in [2.24, 2.45) is 11.7 Å². The summed E-state index contributed by atoms with van der Waals surface area (Å²) in [5.74, 6) is 0.292. The minimum atomic E-state index is -2.99. The number of aliphatic hydroxyl groups is 1. The summed E-state index contributed by atoms with van der Waals surface area (Å²) in [5, 5.41) is 10.0. The molecule has 168 valence electrons. The largest absolute Gasteiger partial charge is 0.489 e. The van der Waals surface area contributed by atoms with Crippen molar-refractivity contribution in [3.8, 4) is 23.0 Å². The van der Waals surface area contributed by atoms with Crippen molar-refractivity contribution in [2.75, 3.05) is 13.2 Å². The zero-order valence-electron chi connectivity index (χ0n) is 17.1. The summed E-state index contributed by atoms with van der Waals surface area (Å²) in [6, 6.07) is 3.73. The summed E-state index contributed by atoms with van der Waals surface area (Å²) in [7, 11) is 0. The molecule has 1 aromatic carbocycles. The number of halogens is 2. The first-order valence-corrected chi connectivity index (χ1v) is 10.3. The molecule has 1 saturated heterocycles. The smallest absolute Gasteiger partial charge is 0.387 e. The highest BCUT2D eigenvalue weighted by atomic mass is 19.3. The molecule has 0 unspecified atom stereocenters. The molecule has 2 aromatic rings. The number of likely N-dealkylation sites (tertiary alicyclic amines) is 1. The first-order chi connectivity index (χ1) is 14.8. The van der Waals surface area contributed by atoms with E-state index in [2.05, 4.69) is 9.72 Å². The van der Waals surface area contributed by atoms with Gasteiger partial charge in [-0.2, -0.15) is 8.78 Å². The number of benzene rings is 1. The highest BCUT2D eigenvalue weighted by molar-refractivity contribution is 5.94. The van der Waals surface area contributed by atoms with Crippen LogP contribution in [0.4, 0.5) is 8.78 Å². The minimum Gasteiger partial charge on any atom is -0.489 e. The number of aromatic nitrogens is 1. The molecule has 2 aliphatic rings. The Kier molecular flexibility index (Phi) is 6.10. The Balaban J connectivity index is 1.66. The molecule has 1 saturated carbocycles. The molecular formula is C21H25F2N3O5. The Morgan fingerprint density at radius 3 is 2.74 bits per heavy atom. The molecule has 0 radical (unpaired) electrons. The summed E-state index contributed by atoms with van der Waals surface area (Å²) in [5.41, 5.74) is 6.43. The van der Waals surface area contributed by atoms with E-state index < -0.39 is 24.8 Å². The maximum absolute atomic E-state index is 12.9. The molecule has 2 fully saturated rings. The zero-order chi connectivity index (χ0) is 22.1. The molecule has 1 aromatic heterocycles. The number of aliphatic hydroxyl groups excluding tert-OH is 1. The van der Waals surface area contributed by atoms with Gasteiger partial charge in [0.05, 0.1) is 12.6 Å². The minimum absolute atomic E-state index is 0.0271. The molecule has 2 atom stereocenters. The molecule has 31 heavy (non-hydrogen) atoms. The summed E-state index contributed by atoms with van der Waals surface area (Å²) in [6.45, 7) is -0.516.